The first kappa shape index (κ1) is 26.7. The molecule has 0 aromatic heterocycles. The monoisotopic (exact) mass is 507 g/mol. The number of benzene rings is 3. The van der Waals surface area contributed by atoms with Crippen LogP contribution < -0.4 is 14.8 Å². The minimum Gasteiger partial charge on any atom is -0.497 e. The van der Waals surface area contributed by atoms with Gasteiger partial charge in [0.1, 0.15) is 11.5 Å². The first-order valence-electron chi connectivity index (χ1n) is 11.0. The van der Waals surface area contributed by atoms with E-state index in [0.29, 0.717) is 17.2 Å². The molecule has 3 aromatic rings. The number of esters is 2. The molecule has 192 valence electrons. The van der Waals surface area contributed by atoms with Crippen molar-refractivity contribution in [3.05, 3.63) is 89.5 Å². The summed E-state index contributed by atoms with van der Waals surface area (Å²) in [4.78, 5) is 51.0. The fourth-order valence-corrected chi connectivity index (χ4v) is 3.30. The van der Waals surface area contributed by atoms with Crippen molar-refractivity contribution >= 4 is 29.5 Å². The highest BCUT2D eigenvalue weighted by Gasteiger charge is 2.41. The van der Waals surface area contributed by atoms with Crippen LogP contribution in [0.25, 0.3) is 0 Å². The van der Waals surface area contributed by atoms with Crippen LogP contribution in [0, 0.1) is 6.92 Å². The highest BCUT2D eigenvalue weighted by molar-refractivity contribution is 6.01. The molecule has 3 aromatic carbocycles. The second kappa shape index (κ2) is 12.2. The summed E-state index contributed by atoms with van der Waals surface area (Å²) in [7, 11) is 2.80. The molecule has 2 N–H and O–H groups in total. The summed E-state index contributed by atoms with van der Waals surface area (Å²) in [5.74, 6) is -4.11. The predicted molar refractivity (Wildman–Crippen MR) is 132 cm³/mol. The first-order chi connectivity index (χ1) is 17.7. The van der Waals surface area contributed by atoms with Crippen molar-refractivity contribution < 1.29 is 43.2 Å². The van der Waals surface area contributed by atoms with E-state index in [4.69, 9.17) is 18.9 Å². The van der Waals surface area contributed by atoms with Crippen molar-refractivity contribution in [2.45, 2.75) is 19.1 Å². The van der Waals surface area contributed by atoms with Crippen molar-refractivity contribution in [3.63, 3.8) is 0 Å². The normalized spacial score (nSPS) is 12.0. The molecule has 0 bridgehead atoms. The van der Waals surface area contributed by atoms with Crippen molar-refractivity contribution in [2.24, 2.45) is 0 Å². The maximum absolute atomic E-state index is 13.2. The SMILES string of the molecule is COc1cccc(C(=O)O[C@@H](C(=O)O)[C@@H](OC(=O)c2cccc(OC)c2)C(=O)Nc2cccc(C)c2)c1. The average molecular weight is 507 g/mol. The van der Waals surface area contributed by atoms with Crippen LogP contribution in [0.1, 0.15) is 26.3 Å². The molecule has 2 atom stereocenters. The number of carboxylic acid groups (broad SMARTS) is 1. The molecular weight excluding hydrogens is 482 g/mol. The quantitative estimate of drug-likeness (QED) is 0.395. The summed E-state index contributed by atoms with van der Waals surface area (Å²) in [6.45, 7) is 1.80. The standard InChI is InChI=1S/C27H25NO9/c1-16-7-4-10-19(13-16)28-24(29)22(36-26(32)17-8-5-11-20(14-17)34-2)23(25(30)31)37-27(33)18-9-6-12-21(15-18)35-3/h4-15,22-23H,1-3H3,(H,28,29)(H,30,31)/t22-,23-/m1/s1. The fraction of sp³-hybridized carbons (Fsp3) is 0.185. The maximum Gasteiger partial charge on any atom is 0.349 e. The van der Waals surface area contributed by atoms with Gasteiger partial charge in [0.15, 0.2) is 0 Å². The van der Waals surface area contributed by atoms with Crippen LogP contribution in [0.4, 0.5) is 5.69 Å². The smallest absolute Gasteiger partial charge is 0.349 e. The number of anilines is 1. The van der Waals surface area contributed by atoms with Crippen LogP contribution >= 0.6 is 0 Å². The Hall–Kier alpha value is -4.86. The zero-order valence-electron chi connectivity index (χ0n) is 20.3. The van der Waals surface area contributed by atoms with Gasteiger partial charge in [0, 0.05) is 5.69 Å². The Morgan fingerprint density at radius 1 is 0.730 bits per heavy atom. The lowest BCUT2D eigenvalue weighted by Gasteiger charge is -2.23. The fourth-order valence-electron chi connectivity index (χ4n) is 3.30. The molecule has 0 radical (unpaired) electrons. The van der Waals surface area contributed by atoms with E-state index in [9.17, 15) is 24.3 Å². The second-order valence-corrected chi connectivity index (χ2v) is 7.81. The van der Waals surface area contributed by atoms with Gasteiger partial charge in [-0.1, -0.05) is 24.3 Å². The molecule has 10 heteroatoms. The van der Waals surface area contributed by atoms with Gasteiger partial charge in [0.05, 0.1) is 25.3 Å². The summed E-state index contributed by atoms with van der Waals surface area (Å²) in [5.41, 5.74) is 1.12. The van der Waals surface area contributed by atoms with Gasteiger partial charge in [0.2, 0.25) is 12.2 Å². The van der Waals surface area contributed by atoms with Gasteiger partial charge in [-0.2, -0.15) is 0 Å². The molecule has 0 aliphatic rings. The number of hydrogen-bond donors (Lipinski definition) is 2. The summed E-state index contributed by atoms with van der Waals surface area (Å²) < 4.78 is 20.6. The zero-order valence-corrected chi connectivity index (χ0v) is 20.3. The van der Waals surface area contributed by atoms with E-state index in [-0.39, 0.29) is 11.1 Å². The minimum atomic E-state index is -2.17. The lowest BCUT2D eigenvalue weighted by molar-refractivity contribution is -0.157. The minimum absolute atomic E-state index is 0.00373. The van der Waals surface area contributed by atoms with E-state index >= 15 is 0 Å². The first-order valence-corrected chi connectivity index (χ1v) is 11.0. The number of carbonyl (C=O) groups excluding carboxylic acids is 3. The molecule has 0 saturated heterocycles. The number of ether oxygens (including phenoxy) is 4. The van der Waals surface area contributed by atoms with Crippen LogP contribution in [-0.4, -0.2) is 55.3 Å². The van der Waals surface area contributed by atoms with Gasteiger partial charge >= 0.3 is 17.9 Å². The zero-order chi connectivity index (χ0) is 26.9. The Bertz CT molecular complexity index is 1300. The van der Waals surface area contributed by atoms with Crippen molar-refractivity contribution in [3.8, 4) is 11.5 Å². The lowest BCUT2D eigenvalue weighted by atomic mass is 10.1. The average Bonchev–Trinajstić information content (AvgIpc) is 2.90. The Balaban J connectivity index is 1.93. The number of carbonyl (C=O) groups is 4. The number of hydrogen-bond acceptors (Lipinski definition) is 8. The van der Waals surface area contributed by atoms with Crippen molar-refractivity contribution in [1.29, 1.82) is 0 Å². The number of methoxy groups -OCH3 is 2. The molecule has 0 fully saturated rings. The molecule has 0 heterocycles. The van der Waals surface area contributed by atoms with E-state index in [0.717, 1.165) is 5.56 Å². The van der Waals surface area contributed by atoms with Crippen molar-refractivity contribution in [1.82, 2.24) is 0 Å². The molecule has 0 spiro atoms. The molecular formula is C27H25NO9. The number of rotatable bonds is 10. The maximum atomic E-state index is 13.2. The number of aliphatic carboxylic acids is 1. The van der Waals surface area contributed by atoms with Gasteiger partial charge in [0.25, 0.3) is 5.91 Å². The Morgan fingerprint density at radius 2 is 1.24 bits per heavy atom. The van der Waals surface area contributed by atoms with E-state index in [1.807, 2.05) is 0 Å². The second-order valence-electron chi connectivity index (χ2n) is 7.81. The van der Waals surface area contributed by atoms with Crippen LogP contribution in [0.15, 0.2) is 72.8 Å². The predicted octanol–water partition coefficient (Wildman–Crippen LogP) is 3.49. The highest BCUT2D eigenvalue weighted by atomic mass is 16.6. The van der Waals surface area contributed by atoms with Crippen molar-refractivity contribution in [2.75, 3.05) is 19.5 Å². The van der Waals surface area contributed by atoms with Gasteiger partial charge in [-0.25, -0.2) is 14.4 Å². The number of carboxylic acids is 1. The number of aryl methyl sites for hydroxylation is 1. The Labute approximate surface area is 212 Å². The summed E-state index contributed by atoms with van der Waals surface area (Å²) >= 11 is 0. The van der Waals surface area contributed by atoms with E-state index in [1.54, 1.807) is 43.3 Å². The molecule has 10 nitrogen and oxygen atoms in total. The molecule has 0 unspecified atom stereocenters. The van der Waals surface area contributed by atoms with Crippen LogP contribution in [-0.2, 0) is 19.1 Å². The topological polar surface area (TPSA) is 137 Å². The highest BCUT2D eigenvalue weighted by Crippen LogP contribution is 2.20. The van der Waals surface area contributed by atoms with Crippen LogP contribution in [0.2, 0.25) is 0 Å². The third kappa shape index (κ3) is 7.07. The number of amides is 1. The Morgan fingerprint density at radius 3 is 1.73 bits per heavy atom. The summed E-state index contributed by atoms with van der Waals surface area (Å²) in [5, 5.41) is 12.4. The van der Waals surface area contributed by atoms with Gasteiger partial charge in [-0.3, -0.25) is 4.79 Å². The van der Waals surface area contributed by atoms with Gasteiger partial charge in [-0.15, -0.1) is 0 Å². The van der Waals surface area contributed by atoms with E-state index in [1.165, 1.54) is 50.6 Å². The van der Waals surface area contributed by atoms with E-state index in [2.05, 4.69) is 5.32 Å². The molecule has 0 aliphatic carbocycles. The largest absolute Gasteiger partial charge is 0.497 e. The van der Waals surface area contributed by atoms with Gasteiger partial charge < -0.3 is 29.4 Å². The Kier molecular flexibility index (Phi) is 8.82. The summed E-state index contributed by atoms with van der Waals surface area (Å²) in [6, 6.07) is 18.4. The third-order valence-electron chi connectivity index (χ3n) is 5.14. The van der Waals surface area contributed by atoms with E-state index < -0.39 is 36.0 Å². The van der Waals surface area contributed by atoms with Gasteiger partial charge in [-0.05, 0) is 61.0 Å². The lowest BCUT2D eigenvalue weighted by Crippen LogP contribution is -2.48. The molecule has 0 saturated carbocycles. The number of nitrogens with one attached hydrogen (secondary N) is 1. The molecule has 37 heavy (non-hydrogen) atoms. The summed E-state index contributed by atoms with van der Waals surface area (Å²) in [6.07, 6.45) is -4.20. The van der Waals surface area contributed by atoms with Crippen LogP contribution in [0.5, 0.6) is 11.5 Å². The molecule has 0 aliphatic heterocycles. The molecule has 3 rings (SSSR count). The molecule has 1 amide bonds. The third-order valence-corrected chi connectivity index (χ3v) is 5.14. The van der Waals surface area contributed by atoms with Crippen LogP contribution in [0.3, 0.4) is 0 Å².